The number of aromatic nitrogens is 1. The Labute approximate surface area is 173 Å². The quantitative estimate of drug-likeness (QED) is 0.552. The van der Waals surface area contributed by atoms with Gasteiger partial charge in [-0.25, -0.2) is 13.8 Å². The Morgan fingerprint density at radius 2 is 1.53 bits per heavy atom. The van der Waals surface area contributed by atoms with Crippen LogP contribution in [0.4, 0.5) is 14.5 Å². The van der Waals surface area contributed by atoms with Crippen LogP contribution in [0.5, 0.6) is 0 Å². The van der Waals surface area contributed by atoms with E-state index in [4.69, 9.17) is 4.42 Å². The minimum atomic E-state index is -0.325. The summed E-state index contributed by atoms with van der Waals surface area (Å²) in [5.74, 6) is 0.604. The molecule has 1 saturated heterocycles. The van der Waals surface area contributed by atoms with Crippen molar-refractivity contribution in [3.63, 3.8) is 0 Å². The van der Waals surface area contributed by atoms with E-state index in [1.807, 2.05) is 0 Å². The maximum atomic E-state index is 13.1. The third-order valence-corrected chi connectivity index (χ3v) is 5.29. The van der Waals surface area contributed by atoms with Crippen molar-refractivity contribution in [2.24, 2.45) is 0 Å². The summed E-state index contributed by atoms with van der Waals surface area (Å²) in [4.78, 5) is 19.1. The van der Waals surface area contributed by atoms with Crippen molar-refractivity contribution in [3.8, 4) is 11.3 Å². The number of carbonyl (C=O) groups is 1. The summed E-state index contributed by atoms with van der Waals surface area (Å²) in [5, 5.41) is 2.81. The van der Waals surface area contributed by atoms with Gasteiger partial charge in [0.1, 0.15) is 37.8 Å². The molecule has 30 heavy (non-hydrogen) atoms. The second-order valence-electron chi connectivity index (χ2n) is 7.53. The highest BCUT2D eigenvalue weighted by atomic mass is 19.1. The van der Waals surface area contributed by atoms with E-state index >= 15 is 0 Å². The van der Waals surface area contributed by atoms with Gasteiger partial charge in [0.25, 0.3) is 11.8 Å². The molecule has 1 aromatic heterocycles. The van der Waals surface area contributed by atoms with Crippen molar-refractivity contribution < 1.29 is 27.8 Å². The first-order valence-corrected chi connectivity index (χ1v) is 9.98. The van der Waals surface area contributed by atoms with E-state index in [0.29, 0.717) is 30.4 Å². The first kappa shape index (κ1) is 20.2. The molecule has 2 heterocycles. The topological polar surface area (TPSA) is 64.0 Å². The molecule has 3 aromatic rings. The second-order valence-corrected chi connectivity index (χ2v) is 7.53. The molecular formula is C22H24F2N4O2+2. The van der Waals surface area contributed by atoms with E-state index in [1.54, 1.807) is 30.5 Å². The molecule has 3 N–H and O–H groups in total. The Hall–Kier alpha value is -3.10. The van der Waals surface area contributed by atoms with Crippen LogP contribution in [0, 0.1) is 11.6 Å². The Balaban J connectivity index is 1.23. The molecule has 1 fully saturated rings. The average molecular weight is 414 g/mol. The van der Waals surface area contributed by atoms with Crippen LogP contribution < -0.4 is 15.1 Å². The van der Waals surface area contributed by atoms with Gasteiger partial charge in [-0.3, -0.25) is 4.79 Å². The standard InChI is InChI=1S/C22H22F2N4O2/c23-17-3-1-16(2-4-17)20-13-25-22(30-20)15-28-11-9-27(10-12-28)14-21(29)26-19-7-5-18(24)6-8-19/h1-8,13H,9-12,14-15H2,(H,26,29)/p+2. The van der Waals surface area contributed by atoms with Crippen LogP contribution in [-0.4, -0.2) is 43.6 Å². The summed E-state index contributed by atoms with van der Waals surface area (Å²) >= 11 is 0. The highest BCUT2D eigenvalue weighted by Crippen LogP contribution is 2.20. The predicted molar refractivity (Wildman–Crippen MR) is 107 cm³/mol. The van der Waals surface area contributed by atoms with Crippen molar-refractivity contribution in [2.75, 3.05) is 38.0 Å². The molecule has 8 heteroatoms. The number of amides is 1. The molecule has 4 rings (SSSR count). The largest absolute Gasteiger partial charge is 0.435 e. The number of benzene rings is 2. The molecule has 0 unspecified atom stereocenters. The van der Waals surface area contributed by atoms with E-state index in [0.717, 1.165) is 31.7 Å². The molecule has 0 atom stereocenters. The van der Waals surface area contributed by atoms with Crippen molar-refractivity contribution in [1.29, 1.82) is 0 Å². The number of anilines is 1. The number of piperazine rings is 1. The summed E-state index contributed by atoms with van der Waals surface area (Å²) in [6.07, 6.45) is 1.67. The van der Waals surface area contributed by atoms with Gasteiger partial charge in [-0.15, -0.1) is 0 Å². The molecule has 0 saturated carbocycles. The summed E-state index contributed by atoms with van der Waals surface area (Å²) in [5.41, 5.74) is 1.40. The molecule has 1 aliphatic heterocycles. The highest BCUT2D eigenvalue weighted by Gasteiger charge is 2.26. The van der Waals surface area contributed by atoms with Gasteiger partial charge in [-0.2, -0.15) is 0 Å². The minimum absolute atomic E-state index is 0.0725. The van der Waals surface area contributed by atoms with Gasteiger partial charge >= 0.3 is 0 Å². The number of oxazole rings is 1. The van der Waals surface area contributed by atoms with Crippen LogP contribution in [0.15, 0.2) is 59.1 Å². The molecule has 1 aliphatic rings. The van der Waals surface area contributed by atoms with E-state index in [2.05, 4.69) is 10.3 Å². The van der Waals surface area contributed by atoms with Crippen LogP contribution >= 0.6 is 0 Å². The summed E-state index contributed by atoms with van der Waals surface area (Å²) in [6.45, 7) is 4.63. The number of halogens is 2. The number of nitrogens with one attached hydrogen (secondary N) is 3. The van der Waals surface area contributed by atoms with E-state index < -0.39 is 0 Å². The van der Waals surface area contributed by atoms with E-state index in [9.17, 15) is 13.6 Å². The van der Waals surface area contributed by atoms with Gasteiger partial charge < -0.3 is 19.5 Å². The summed E-state index contributed by atoms with van der Waals surface area (Å²) in [6, 6.07) is 11.9. The minimum Gasteiger partial charge on any atom is -0.435 e. The Morgan fingerprint density at radius 1 is 0.933 bits per heavy atom. The SMILES string of the molecule is O=C(C[NH+]1CC[NH+](Cc2ncc(-c3ccc(F)cc3)o2)CC1)Nc1ccc(F)cc1. The first-order chi connectivity index (χ1) is 14.5. The van der Waals surface area contributed by atoms with Crippen LogP contribution in [0.1, 0.15) is 5.89 Å². The average Bonchev–Trinajstić information content (AvgIpc) is 3.20. The Bertz CT molecular complexity index is 981. The maximum absolute atomic E-state index is 13.1. The van der Waals surface area contributed by atoms with Gasteiger partial charge in [0.05, 0.1) is 6.20 Å². The number of rotatable bonds is 6. The van der Waals surface area contributed by atoms with E-state index in [1.165, 1.54) is 34.1 Å². The third-order valence-electron chi connectivity index (χ3n) is 5.29. The molecule has 0 bridgehead atoms. The Kier molecular flexibility index (Phi) is 6.15. The zero-order valence-electron chi connectivity index (χ0n) is 16.5. The lowest BCUT2D eigenvalue weighted by atomic mass is 10.2. The van der Waals surface area contributed by atoms with Gasteiger partial charge in [0.15, 0.2) is 18.8 Å². The maximum Gasteiger partial charge on any atom is 0.279 e. The zero-order valence-corrected chi connectivity index (χ0v) is 16.5. The van der Waals surface area contributed by atoms with Crippen molar-refractivity contribution in [1.82, 2.24) is 4.98 Å². The zero-order chi connectivity index (χ0) is 20.9. The van der Waals surface area contributed by atoms with Gasteiger partial charge in [0.2, 0.25) is 0 Å². The van der Waals surface area contributed by atoms with E-state index in [-0.39, 0.29) is 17.5 Å². The number of nitrogens with zero attached hydrogens (tertiary/aromatic N) is 1. The monoisotopic (exact) mass is 414 g/mol. The predicted octanol–water partition coefficient (Wildman–Crippen LogP) is 0.542. The van der Waals surface area contributed by atoms with Crippen LogP contribution in [0.3, 0.4) is 0 Å². The molecule has 1 amide bonds. The highest BCUT2D eigenvalue weighted by molar-refractivity contribution is 5.91. The third kappa shape index (κ3) is 5.28. The number of carbonyl (C=O) groups excluding carboxylic acids is 1. The van der Waals surface area contributed by atoms with Gasteiger partial charge in [-0.1, -0.05) is 0 Å². The van der Waals surface area contributed by atoms with Crippen LogP contribution in [-0.2, 0) is 11.3 Å². The molecular weight excluding hydrogens is 390 g/mol. The second kappa shape index (κ2) is 9.15. The molecule has 156 valence electrons. The fourth-order valence-electron chi connectivity index (χ4n) is 3.63. The normalized spacial score (nSPS) is 18.9. The van der Waals surface area contributed by atoms with Crippen molar-refractivity contribution >= 4 is 11.6 Å². The lowest BCUT2D eigenvalue weighted by Crippen LogP contribution is -3.28. The molecule has 6 nitrogen and oxygen atoms in total. The molecule has 0 spiro atoms. The van der Waals surface area contributed by atoms with Crippen molar-refractivity contribution in [3.05, 3.63) is 72.3 Å². The number of hydrogen-bond donors (Lipinski definition) is 3. The lowest BCUT2D eigenvalue weighted by molar-refractivity contribution is -1.02. The fourth-order valence-corrected chi connectivity index (χ4v) is 3.63. The number of quaternary nitrogens is 2. The van der Waals surface area contributed by atoms with Crippen LogP contribution in [0.25, 0.3) is 11.3 Å². The first-order valence-electron chi connectivity index (χ1n) is 9.98. The molecule has 0 radical (unpaired) electrons. The lowest BCUT2D eigenvalue weighted by Gasteiger charge is -2.28. The summed E-state index contributed by atoms with van der Waals surface area (Å²) < 4.78 is 31.8. The van der Waals surface area contributed by atoms with Gasteiger partial charge in [0, 0.05) is 11.3 Å². The van der Waals surface area contributed by atoms with Crippen molar-refractivity contribution in [2.45, 2.75) is 6.54 Å². The fraction of sp³-hybridized carbons (Fsp3) is 0.273. The van der Waals surface area contributed by atoms with Crippen LogP contribution in [0.2, 0.25) is 0 Å². The molecule has 0 aliphatic carbocycles. The Morgan fingerprint density at radius 3 is 2.20 bits per heavy atom. The summed E-state index contributed by atoms with van der Waals surface area (Å²) in [7, 11) is 0. The van der Waals surface area contributed by atoms with Gasteiger partial charge in [-0.05, 0) is 48.5 Å². The number of hydrogen-bond acceptors (Lipinski definition) is 3. The molecule has 2 aromatic carbocycles. The smallest absolute Gasteiger partial charge is 0.279 e.